The average Bonchev–Trinajstić information content (AvgIpc) is 2.64. The summed E-state index contributed by atoms with van der Waals surface area (Å²) < 4.78 is 19.1. The monoisotopic (exact) mass is 386 g/mol. The van der Waals surface area contributed by atoms with E-state index in [9.17, 15) is 9.18 Å². The summed E-state index contributed by atoms with van der Waals surface area (Å²) in [6.07, 6.45) is 1.32. The second kappa shape index (κ2) is 10.8. The first-order valence-corrected chi connectivity index (χ1v) is 9.78. The second-order valence-corrected chi connectivity index (χ2v) is 7.55. The van der Waals surface area contributed by atoms with E-state index in [0.717, 1.165) is 29.8 Å². The lowest BCUT2D eigenvalue weighted by Crippen LogP contribution is -2.28. The van der Waals surface area contributed by atoms with Gasteiger partial charge < -0.3 is 15.0 Å². The summed E-state index contributed by atoms with van der Waals surface area (Å²) in [6.45, 7) is 5.54. The maximum atomic E-state index is 13.4. The fraction of sp³-hybridized carbons (Fsp3) is 0.435. The molecule has 2 rings (SSSR count). The molecule has 1 atom stereocenters. The number of carbonyl (C=O) groups excluding carboxylic acids is 1. The van der Waals surface area contributed by atoms with Gasteiger partial charge in [-0.15, -0.1) is 0 Å². The highest BCUT2D eigenvalue weighted by Crippen LogP contribution is 2.29. The molecule has 0 aromatic heterocycles. The highest BCUT2D eigenvalue weighted by molar-refractivity contribution is 5.77. The van der Waals surface area contributed by atoms with E-state index in [1.165, 1.54) is 12.1 Å². The lowest BCUT2D eigenvalue weighted by atomic mass is 9.88. The zero-order valence-electron chi connectivity index (χ0n) is 17.2. The van der Waals surface area contributed by atoms with Crippen LogP contribution >= 0.6 is 0 Å². The molecular weight excluding hydrogens is 355 g/mol. The third-order valence-corrected chi connectivity index (χ3v) is 4.42. The minimum atomic E-state index is -0.281. The van der Waals surface area contributed by atoms with Crippen molar-refractivity contribution in [3.05, 3.63) is 65.5 Å². The first-order valence-electron chi connectivity index (χ1n) is 9.78. The molecule has 0 saturated heterocycles. The van der Waals surface area contributed by atoms with Crippen molar-refractivity contribution < 1.29 is 13.9 Å². The van der Waals surface area contributed by atoms with Gasteiger partial charge in [0, 0.05) is 18.9 Å². The van der Waals surface area contributed by atoms with Crippen molar-refractivity contribution >= 4 is 5.91 Å². The average molecular weight is 387 g/mol. The molecule has 1 amide bonds. The number of ether oxygens (including phenoxy) is 1. The number of carbonyl (C=O) groups is 1. The van der Waals surface area contributed by atoms with Crippen molar-refractivity contribution in [3.8, 4) is 5.75 Å². The Morgan fingerprint density at radius 1 is 1.04 bits per heavy atom. The molecular formula is C23H31FN2O2. The van der Waals surface area contributed by atoms with E-state index in [2.05, 4.69) is 10.2 Å². The van der Waals surface area contributed by atoms with E-state index in [4.69, 9.17) is 4.74 Å². The largest absolute Gasteiger partial charge is 0.491 e. The van der Waals surface area contributed by atoms with Crippen LogP contribution in [0.3, 0.4) is 0 Å². The Labute approximate surface area is 167 Å². The predicted octanol–water partition coefficient (Wildman–Crippen LogP) is 4.20. The minimum absolute atomic E-state index is 0.00409. The van der Waals surface area contributed by atoms with Gasteiger partial charge in [0.05, 0.1) is 6.10 Å². The Bertz CT molecular complexity index is 727. The second-order valence-electron chi connectivity index (χ2n) is 7.55. The van der Waals surface area contributed by atoms with Gasteiger partial charge in [0.2, 0.25) is 5.91 Å². The van der Waals surface area contributed by atoms with Crippen LogP contribution in [-0.4, -0.2) is 44.1 Å². The summed E-state index contributed by atoms with van der Waals surface area (Å²) in [5.74, 6) is 0.374. The molecule has 0 radical (unpaired) electrons. The number of nitrogens with one attached hydrogen (secondary N) is 1. The lowest BCUT2D eigenvalue weighted by Gasteiger charge is -2.19. The molecule has 0 unspecified atom stereocenters. The Morgan fingerprint density at radius 2 is 1.61 bits per heavy atom. The summed E-state index contributed by atoms with van der Waals surface area (Å²) in [4.78, 5) is 14.6. The molecule has 0 aliphatic heterocycles. The fourth-order valence-corrected chi connectivity index (χ4v) is 3.05. The number of nitrogens with zero attached hydrogens (tertiary/aromatic N) is 1. The predicted molar refractivity (Wildman–Crippen MR) is 111 cm³/mol. The summed E-state index contributed by atoms with van der Waals surface area (Å²) in [5, 5.41) is 2.99. The number of rotatable bonds is 10. The first-order chi connectivity index (χ1) is 13.3. The lowest BCUT2D eigenvalue weighted by molar-refractivity contribution is -0.121. The number of amides is 1. The Hall–Kier alpha value is -2.40. The van der Waals surface area contributed by atoms with Crippen LogP contribution in [0.5, 0.6) is 5.75 Å². The third kappa shape index (κ3) is 7.31. The van der Waals surface area contributed by atoms with E-state index < -0.39 is 0 Å². The highest BCUT2D eigenvalue weighted by atomic mass is 19.1. The molecule has 1 N–H and O–H groups in total. The van der Waals surface area contributed by atoms with Crippen LogP contribution in [0.4, 0.5) is 4.39 Å². The van der Waals surface area contributed by atoms with Crippen molar-refractivity contribution in [2.75, 3.05) is 27.2 Å². The highest BCUT2D eigenvalue weighted by Gasteiger charge is 2.18. The van der Waals surface area contributed by atoms with Gasteiger partial charge >= 0.3 is 0 Å². The van der Waals surface area contributed by atoms with Crippen LogP contribution in [0.2, 0.25) is 0 Å². The van der Waals surface area contributed by atoms with Gasteiger partial charge in [0.25, 0.3) is 0 Å². The molecule has 0 heterocycles. The number of hydrogen-bond acceptors (Lipinski definition) is 3. The van der Waals surface area contributed by atoms with Gasteiger partial charge in [-0.05, 0) is 76.3 Å². The molecule has 28 heavy (non-hydrogen) atoms. The van der Waals surface area contributed by atoms with Gasteiger partial charge in [-0.25, -0.2) is 4.39 Å². The smallest absolute Gasteiger partial charge is 0.220 e. The summed E-state index contributed by atoms with van der Waals surface area (Å²) in [7, 11) is 4.03. The Balaban J connectivity index is 2.11. The maximum absolute atomic E-state index is 13.4. The number of hydrogen-bond donors (Lipinski definition) is 1. The van der Waals surface area contributed by atoms with Crippen molar-refractivity contribution in [2.24, 2.45) is 0 Å². The van der Waals surface area contributed by atoms with E-state index in [1.807, 2.05) is 52.2 Å². The van der Waals surface area contributed by atoms with E-state index in [-0.39, 0.29) is 23.7 Å². The molecule has 0 aliphatic rings. The summed E-state index contributed by atoms with van der Waals surface area (Å²) >= 11 is 0. The van der Waals surface area contributed by atoms with Crippen LogP contribution in [0, 0.1) is 5.82 Å². The normalized spacial score (nSPS) is 12.2. The number of halogens is 1. The van der Waals surface area contributed by atoms with E-state index in [0.29, 0.717) is 13.0 Å². The summed E-state index contributed by atoms with van der Waals surface area (Å²) in [5.41, 5.74) is 1.92. The van der Waals surface area contributed by atoms with E-state index in [1.54, 1.807) is 12.1 Å². The van der Waals surface area contributed by atoms with Crippen molar-refractivity contribution in [1.29, 1.82) is 0 Å². The standard InChI is InChI=1S/C23H31FN2O2/c1-17(2)28-21-12-8-19(9-13-21)22(18-6-10-20(24)11-7-18)16-23(27)25-14-5-15-26(3)4/h6-13,17,22H,5,14-16H2,1-4H3,(H,25,27)/t22-/m0/s1. The van der Waals surface area contributed by atoms with Crippen LogP contribution in [0.15, 0.2) is 48.5 Å². The zero-order valence-corrected chi connectivity index (χ0v) is 17.2. The molecule has 4 nitrogen and oxygen atoms in total. The molecule has 2 aromatic rings. The zero-order chi connectivity index (χ0) is 20.5. The Morgan fingerprint density at radius 3 is 2.14 bits per heavy atom. The van der Waals surface area contributed by atoms with Gasteiger partial charge in [0.15, 0.2) is 0 Å². The molecule has 0 aliphatic carbocycles. The SMILES string of the molecule is CC(C)Oc1ccc([C@@H](CC(=O)NCCCN(C)C)c2ccc(F)cc2)cc1. The van der Waals surface area contributed by atoms with Gasteiger partial charge in [0.1, 0.15) is 11.6 Å². The number of benzene rings is 2. The van der Waals surface area contributed by atoms with Crippen molar-refractivity contribution in [2.45, 2.75) is 38.7 Å². The van der Waals surface area contributed by atoms with E-state index >= 15 is 0 Å². The molecule has 2 aromatic carbocycles. The topological polar surface area (TPSA) is 41.6 Å². The van der Waals surface area contributed by atoms with Crippen LogP contribution in [0.25, 0.3) is 0 Å². The van der Waals surface area contributed by atoms with Crippen LogP contribution in [-0.2, 0) is 4.79 Å². The van der Waals surface area contributed by atoms with Crippen molar-refractivity contribution in [1.82, 2.24) is 10.2 Å². The molecule has 0 bridgehead atoms. The van der Waals surface area contributed by atoms with Crippen LogP contribution < -0.4 is 10.1 Å². The summed E-state index contributed by atoms with van der Waals surface area (Å²) in [6, 6.07) is 14.2. The van der Waals surface area contributed by atoms with Gasteiger partial charge in [-0.3, -0.25) is 4.79 Å². The maximum Gasteiger partial charge on any atom is 0.220 e. The molecule has 0 spiro atoms. The third-order valence-electron chi connectivity index (χ3n) is 4.42. The van der Waals surface area contributed by atoms with Gasteiger partial charge in [-0.1, -0.05) is 24.3 Å². The minimum Gasteiger partial charge on any atom is -0.491 e. The van der Waals surface area contributed by atoms with Crippen molar-refractivity contribution in [3.63, 3.8) is 0 Å². The fourth-order valence-electron chi connectivity index (χ4n) is 3.05. The van der Waals surface area contributed by atoms with Crippen LogP contribution in [0.1, 0.15) is 43.7 Å². The molecule has 5 heteroatoms. The Kier molecular flexibility index (Phi) is 8.45. The van der Waals surface area contributed by atoms with Gasteiger partial charge in [-0.2, -0.15) is 0 Å². The molecule has 152 valence electrons. The molecule has 0 saturated carbocycles. The molecule has 0 fully saturated rings. The quantitative estimate of drug-likeness (QED) is 0.622. The first kappa shape index (κ1) is 21.9.